The highest BCUT2D eigenvalue weighted by Crippen LogP contribution is 2.29. The molecule has 0 fully saturated rings. The van der Waals surface area contributed by atoms with Crippen LogP contribution in [0.25, 0.3) is 10.9 Å². The lowest BCUT2D eigenvalue weighted by Gasteiger charge is -2.09. The Bertz CT molecular complexity index is 932. The SMILES string of the molecule is NCCc1cn(S(=O)(=O)c2ccccc2Br)c2ccccc12. The first-order valence-electron chi connectivity index (χ1n) is 6.85. The van der Waals surface area contributed by atoms with Crippen molar-refractivity contribution in [2.45, 2.75) is 11.3 Å². The van der Waals surface area contributed by atoms with Gasteiger partial charge in [-0.3, -0.25) is 0 Å². The van der Waals surface area contributed by atoms with Crippen molar-refractivity contribution >= 4 is 36.9 Å². The largest absolute Gasteiger partial charge is 0.330 e. The third-order valence-electron chi connectivity index (χ3n) is 3.55. The van der Waals surface area contributed by atoms with Gasteiger partial charge in [0.2, 0.25) is 0 Å². The zero-order valence-electron chi connectivity index (χ0n) is 11.7. The van der Waals surface area contributed by atoms with Gasteiger partial charge in [-0.25, -0.2) is 12.4 Å². The van der Waals surface area contributed by atoms with E-state index >= 15 is 0 Å². The van der Waals surface area contributed by atoms with Gasteiger partial charge in [-0.2, -0.15) is 0 Å². The summed E-state index contributed by atoms with van der Waals surface area (Å²) in [4.78, 5) is 0.245. The molecule has 114 valence electrons. The number of aromatic nitrogens is 1. The van der Waals surface area contributed by atoms with Crippen LogP contribution in [0.4, 0.5) is 0 Å². The van der Waals surface area contributed by atoms with Gasteiger partial charge < -0.3 is 5.73 Å². The molecule has 0 bridgehead atoms. The van der Waals surface area contributed by atoms with Crippen LogP contribution in [0.15, 0.2) is 64.1 Å². The lowest BCUT2D eigenvalue weighted by Crippen LogP contribution is -2.12. The molecule has 22 heavy (non-hydrogen) atoms. The Balaban J connectivity index is 2.28. The van der Waals surface area contributed by atoms with Crippen LogP contribution < -0.4 is 5.73 Å². The second kappa shape index (κ2) is 5.87. The molecule has 3 aromatic rings. The van der Waals surface area contributed by atoms with E-state index in [1.54, 1.807) is 30.5 Å². The lowest BCUT2D eigenvalue weighted by atomic mass is 10.1. The third kappa shape index (κ3) is 2.47. The molecule has 0 radical (unpaired) electrons. The molecule has 0 unspecified atom stereocenters. The normalized spacial score (nSPS) is 11.9. The van der Waals surface area contributed by atoms with Crippen molar-refractivity contribution < 1.29 is 8.42 Å². The first-order valence-corrected chi connectivity index (χ1v) is 9.08. The summed E-state index contributed by atoms with van der Waals surface area (Å²) in [6, 6.07) is 14.3. The standard InChI is InChI=1S/C16H15BrN2O2S/c17-14-6-2-4-8-16(14)22(20,21)19-11-12(9-10-18)13-5-1-3-7-15(13)19/h1-8,11H,9-10,18H2. The van der Waals surface area contributed by atoms with Gasteiger partial charge in [0.1, 0.15) is 4.90 Å². The number of hydrogen-bond donors (Lipinski definition) is 1. The van der Waals surface area contributed by atoms with E-state index in [0.717, 1.165) is 10.9 Å². The van der Waals surface area contributed by atoms with Gasteiger partial charge >= 0.3 is 0 Å². The van der Waals surface area contributed by atoms with E-state index in [1.807, 2.05) is 24.3 Å². The molecule has 3 rings (SSSR count). The molecule has 0 amide bonds. The molecule has 4 nitrogen and oxygen atoms in total. The smallest absolute Gasteiger partial charge is 0.269 e. The molecule has 2 N–H and O–H groups in total. The average Bonchev–Trinajstić information content (AvgIpc) is 2.88. The predicted octanol–water partition coefficient (Wildman–Crippen LogP) is 3.14. The molecule has 6 heteroatoms. The molecule has 0 saturated heterocycles. The first-order chi connectivity index (χ1) is 10.6. The van der Waals surface area contributed by atoms with Crippen LogP contribution in [0.3, 0.4) is 0 Å². The lowest BCUT2D eigenvalue weighted by molar-refractivity contribution is 0.588. The highest BCUT2D eigenvalue weighted by Gasteiger charge is 2.22. The average molecular weight is 379 g/mol. The molecule has 0 aliphatic rings. The van der Waals surface area contributed by atoms with E-state index in [2.05, 4.69) is 15.9 Å². The van der Waals surface area contributed by atoms with Crippen molar-refractivity contribution in [3.8, 4) is 0 Å². The highest BCUT2D eigenvalue weighted by atomic mass is 79.9. The van der Waals surface area contributed by atoms with Crippen LogP contribution in [0.2, 0.25) is 0 Å². The zero-order valence-corrected chi connectivity index (χ0v) is 14.1. The van der Waals surface area contributed by atoms with E-state index < -0.39 is 10.0 Å². The molecule has 0 atom stereocenters. The molecule has 1 heterocycles. The number of para-hydroxylation sites is 1. The van der Waals surface area contributed by atoms with E-state index in [1.165, 1.54) is 3.97 Å². The van der Waals surface area contributed by atoms with E-state index in [4.69, 9.17) is 5.73 Å². The number of benzene rings is 2. The maximum absolute atomic E-state index is 13.0. The molecule has 0 aliphatic carbocycles. The second-order valence-electron chi connectivity index (χ2n) is 4.94. The fourth-order valence-electron chi connectivity index (χ4n) is 2.53. The van der Waals surface area contributed by atoms with E-state index in [9.17, 15) is 8.42 Å². The molecule has 1 aromatic heterocycles. The number of nitrogens with two attached hydrogens (primary N) is 1. The minimum atomic E-state index is -3.66. The summed E-state index contributed by atoms with van der Waals surface area (Å²) in [5, 5.41) is 0.920. The van der Waals surface area contributed by atoms with Crippen molar-refractivity contribution in [3.05, 3.63) is 64.8 Å². The Hall–Kier alpha value is -1.63. The minimum Gasteiger partial charge on any atom is -0.330 e. The van der Waals surface area contributed by atoms with Crippen LogP contribution in [0, 0.1) is 0 Å². The molecule has 0 aliphatic heterocycles. The van der Waals surface area contributed by atoms with Gasteiger partial charge in [-0.05, 0) is 52.7 Å². The monoisotopic (exact) mass is 378 g/mol. The summed E-state index contributed by atoms with van der Waals surface area (Å²) >= 11 is 3.32. The van der Waals surface area contributed by atoms with Gasteiger partial charge in [0, 0.05) is 16.1 Å². The van der Waals surface area contributed by atoms with Crippen LogP contribution >= 0.6 is 15.9 Å². The van der Waals surface area contributed by atoms with E-state index in [-0.39, 0.29) is 4.90 Å². The predicted molar refractivity (Wildman–Crippen MR) is 91.4 cm³/mol. The zero-order chi connectivity index (χ0) is 15.7. The van der Waals surface area contributed by atoms with Crippen molar-refractivity contribution in [2.24, 2.45) is 5.73 Å². The first kappa shape index (κ1) is 15.3. The van der Waals surface area contributed by atoms with Crippen LogP contribution in [-0.4, -0.2) is 18.9 Å². The topological polar surface area (TPSA) is 65.1 Å². The Labute approximate surface area is 137 Å². The maximum Gasteiger partial charge on any atom is 0.269 e. The summed E-state index contributed by atoms with van der Waals surface area (Å²) in [5.41, 5.74) is 7.25. The van der Waals surface area contributed by atoms with Gasteiger partial charge in [0.05, 0.1) is 5.52 Å². The molecular formula is C16H15BrN2O2S. The van der Waals surface area contributed by atoms with Gasteiger partial charge in [-0.1, -0.05) is 30.3 Å². The second-order valence-corrected chi connectivity index (χ2v) is 7.58. The number of rotatable bonds is 4. The Morgan fingerprint density at radius 1 is 1.05 bits per heavy atom. The fourth-order valence-corrected chi connectivity index (χ4v) is 4.89. The maximum atomic E-state index is 13.0. The van der Waals surface area contributed by atoms with Crippen LogP contribution in [0.1, 0.15) is 5.56 Å². The number of hydrogen-bond acceptors (Lipinski definition) is 3. The summed E-state index contributed by atoms with van der Waals surface area (Å²) in [7, 11) is -3.66. The van der Waals surface area contributed by atoms with Crippen LogP contribution in [0.5, 0.6) is 0 Å². The van der Waals surface area contributed by atoms with Crippen molar-refractivity contribution in [1.82, 2.24) is 3.97 Å². The summed E-state index contributed by atoms with van der Waals surface area (Å²) in [6.07, 6.45) is 2.31. The highest BCUT2D eigenvalue weighted by molar-refractivity contribution is 9.10. The fraction of sp³-hybridized carbons (Fsp3) is 0.125. The summed E-state index contributed by atoms with van der Waals surface area (Å²) < 4.78 is 27.9. The summed E-state index contributed by atoms with van der Waals surface area (Å²) in [5.74, 6) is 0. The minimum absolute atomic E-state index is 0.245. The van der Waals surface area contributed by atoms with Gasteiger partial charge in [0.25, 0.3) is 10.0 Å². The van der Waals surface area contributed by atoms with Crippen molar-refractivity contribution in [1.29, 1.82) is 0 Å². The number of nitrogens with zero attached hydrogens (tertiary/aromatic N) is 1. The van der Waals surface area contributed by atoms with E-state index in [0.29, 0.717) is 23.0 Å². The molecule has 0 spiro atoms. The number of fused-ring (bicyclic) bond motifs is 1. The third-order valence-corrected chi connectivity index (χ3v) is 6.23. The Morgan fingerprint density at radius 3 is 2.45 bits per heavy atom. The molecule has 2 aromatic carbocycles. The molecular weight excluding hydrogens is 364 g/mol. The van der Waals surface area contributed by atoms with Crippen molar-refractivity contribution in [2.75, 3.05) is 6.54 Å². The van der Waals surface area contributed by atoms with Crippen molar-refractivity contribution in [3.63, 3.8) is 0 Å². The van der Waals surface area contributed by atoms with Crippen LogP contribution in [-0.2, 0) is 16.4 Å². The quantitative estimate of drug-likeness (QED) is 0.758. The number of halogens is 1. The van der Waals surface area contributed by atoms with Gasteiger partial charge in [0.15, 0.2) is 0 Å². The Kier molecular flexibility index (Phi) is 4.08. The molecule has 0 saturated carbocycles. The van der Waals surface area contributed by atoms with Gasteiger partial charge in [-0.15, -0.1) is 0 Å². The summed E-state index contributed by atoms with van der Waals surface area (Å²) in [6.45, 7) is 0.475. The Morgan fingerprint density at radius 2 is 1.73 bits per heavy atom.